The molecule has 1 N–H and O–H groups in total. The Morgan fingerprint density at radius 3 is 2.40 bits per heavy atom. The van der Waals surface area contributed by atoms with Crippen LogP contribution < -0.4 is 5.69 Å². The van der Waals surface area contributed by atoms with Gasteiger partial charge in [0, 0.05) is 12.4 Å². The number of aryl methyl sites for hydroxylation is 1. The summed E-state index contributed by atoms with van der Waals surface area (Å²) in [6.07, 6.45) is 3.74. The molecule has 4 heteroatoms. The standard InChI is InChI=1S/C16H22N2O2/c1-4-15(13(3)19)18-10-9-17(16(18)20)11-14-7-5-12(2)6-8-14/h5-10,13,15,19H,4,11H2,1-3H3/t13-,15+/m1/s1. The van der Waals surface area contributed by atoms with E-state index in [1.165, 1.54) is 5.56 Å². The lowest BCUT2D eigenvalue weighted by Crippen LogP contribution is -2.32. The van der Waals surface area contributed by atoms with Crippen LogP contribution in [0.3, 0.4) is 0 Å². The number of rotatable bonds is 5. The molecule has 0 aliphatic carbocycles. The van der Waals surface area contributed by atoms with Gasteiger partial charge in [0.2, 0.25) is 0 Å². The van der Waals surface area contributed by atoms with Crippen LogP contribution in [0.15, 0.2) is 41.5 Å². The highest BCUT2D eigenvalue weighted by atomic mass is 16.3. The molecule has 2 aromatic rings. The summed E-state index contributed by atoms with van der Waals surface area (Å²) in [6.45, 7) is 6.29. The summed E-state index contributed by atoms with van der Waals surface area (Å²) < 4.78 is 3.30. The van der Waals surface area contributed by atoms with Gasteiger partial charge in [0.05, 0.1) is 18.7 Å². The molecule has 20 heavy (non-hydrogen) atoms. The zero-order chi connectivity index (χ0) is 14.7. The van der Waals surface area contributed by atoms with Crippen molar-refractivity contribution in [1.82, 2.24) is 9.13 Å². The van der Waals surface area contributed by atoms with Gasteiger partial charge in [0.25, 0.3) is 0 Å². The molecule has 0 amide bonds. The number of benzene rings is 1. The number of aliphatic hydroxyl groups excluding tert-OH is 1. The van der Waals surface area contributed by atoms with Gasteiger partial charge in [-0.25, -0.2) is 4.79 Å². The lowest BCUT2D eigenvalue weighted by atomic mass is 10.1. The van der Waals surface area contributed by atoms with Crippen molar-refractivity contribution in [2.45, 2.75) is 45.9 Å². The van der Waals surface area contributed by atoms with Crippen LogP contribution in [-0.2, 0) is 6.54 Å². The maximum atomic E-state index is 12.4. The first kappa shape index (κ1) is 14.6. The van der Waals surface area contributed by atoms with Crippen LogP contribution >= 0.6 is 0 Å². The zero-order valence-corrected chi connectivity index (χ0v) is 12.3. The topological polar surface area (TPSA) is 47.2 Å². The molecule has 0 spiro atoms. The molecule has 0 radical (unpaired) electrons. The minimum atomic E-state index is -0.534. The number of hydrogen-bond acceptors (Lipinski definition) is 2. The Hall–Kier alpha value is -1.81. The maximum absolute atomic E-state index is 12.4. The van der Waals surface area contributed by atoms with E-state index in [1.54, 1.807) is 28.5 Å². The third kappa shape index (κ3) is 3.02. The van der Waals surface area contributed by atoms with E-state index in [0.29, 0.717) is 6.54 Å². The van der Waals surface area contributed by atoms with Crippen LogP contribution in [-0.4, -0.2) is 20.3 Å². The fourth-order valence-electron chi connectivity index (χ4n) is 2.46. The highest BCUT2D eigenvalue weighted by Gasteiger charge is 2.17. The molecule has 2 atom stereocenters. The van der Waals surface area contributed by atoms with Gasteiger partial charge in [0.1, 0.15) is 0 Å². The van der Waals surface area contributed by atoms with Crippen molar-refractivity contribution in [2.75, 3.05) is 0 Å². The average molecular weight is 274 g/mol. The second kappa shape index (κ2) is 6.09. The summed E-state index contributed by atoms with van der Waals surface area (Å²) in [5, 5.41) is 9.75. The minimum absolute atomic E-state index is 0.0710. The third-order valence-electron chi connectivity index (χ3n) is 3.68. The van der Waals surface area contributed by atoms with Crippen LogP contribution in [0.2, 0.25) is 0 Å². The Morgan fingerprint density at radius 1 is 1.20 bits per heavy atom. The van der Waals surface area contributed by atoms with Gasteiger partial charge in [-0.3, -0.25) is 9.13 Å². The maximum Gasteiger partial charge on any atom is 0.328 e. The van der Waals surface area contributed by atoms with Gasteiger partial charge >= 0.3 is 5.69 Å². The van der Waals surface area contributed by atoms with E-state index in [-0.39, 0.29) is 11.7 Å². The second-order valence-corrected chi connectivity index (χ2v) is 5.32. The van der Waals surface area contributed by atoms with E-state index >= 15 is 0 Å². The Labute approximate surface area is 119 Å². The van der Waals surface area contributed by atoms with Gasteiger partial charge in [0.15, 0.2) is 0 Å². The van der Waals surface area contributed by atoms with Crippen molar-refractivity contribution in [3.63, 3.8) is 0 Å². The van der Waals surface area contributed by atoms with E-state index in [9.17, 15) is 9.90 Å². The summed E-state index contributed by atoms with van der Waals surface area (Å²) in [6, 6.07) is 7.99. The van der Waals surface area contributed by atoms with Gasteiger partial charge < -0.3 is 5.11 Å². The van der Waals surface area contributed by atoms with Gasteiger partial charge in [-0.1, -0.05) is 36.8 Å². The molecule has 1 heterocycles. The van der Waals surface area contributed by atoms with Crippen LogP contribution in [0.25, 0.3) is 0 Å². The Kier molecular flexibility index (Phi) is 4.45. The van der Waals surface area contributed by atoms with Crippen molar-refractivity contribution in [3.8, 4) is 0 Å². The molecule has 108 valence electrons. The summed E-state index contributed by atoms with van der Waals surface area (Å²) >= 11 is 0. The molecule has 0 bridgehead atoms. The van der Waals surface area contributed by atoms with Crippen molar-refractivity contribution >= 4 is 0 Å². The Balaban J connectivity index is 2.25. The number of nitrogens with zero attached hydrogens (tertiary/aromatic N) is 2. The van der Waals surface area contributed by atoms with Gasteiger partial charge in [-0.15, -0.1) is 0 Å². The predicted octanol–water partition coefficient (Wildman–Crippen LogP) is 2.34. The van der Waals surface area contributed by atoms with E-state index < -0.39 is 6.10 Å². The van der Waals surface area contributed by atoms with Crippen LogP contribution in [0, 0.1) is 6.92 Å². The molecule has 0 aliphatic rings. The monoisotopic (exact) mass is 274 g/mol. The molecule has 0 fully saturated rings. The molecule has 0 saturated heterocycles. The molecule has 1 aromatic heterocycles. The molecule has 4 nitrogen and oxygen atoms in total. The van der Waals surface area contributed by atoms with Crippen LogP contribution in [0.4, 0.5) is 0 Å². The second-order valence-electron chi connectivity index (χ2n) is 5.32. The Morgan fingerprint density at radius 2 is 1.85 bits per heavy atom. The zero-order valence-electron chi connectivity index (χ0n) is 12.3. The van der Waals surface area contributed by atoms with E-state index in [2.05, 4.69) is 0 Å². The summed E-state index contributed by atoms with van der Waals surface area (Å²) in [4.78, 5) is 12.4. The quantitative estimate of drug-likeness (QED) is 0.909. The highest BCUT2D eigenvalue weighted by molar-refractivity contribution is 5.21. The van der Waals surface area contributed by atoms with Crippen molar-refractivity contribution < 1.29 is 5.11 Å². The van der Waals surface area contributed by atoms with Gasteiger partial charge in [-0.2, -0.15) is 0 Å². The molecule has 0 aliphatic heterocycles. The van der Waals surface area contributed by atoms with E-state index in [1.807, 2.05) is 38.1 Å². The number of aromatic nitrogens is 2. The van der Waals surface area contributed by atoms with E-state index in [4.69, 9.17) is 0 Å². The summed E-state index contributed by atoms with van der Waals surface area (Å²) in [5.74, 6) is 0. The smallest absolute Gasteiger partial charge is 0.328 e. The molecule has 0 saturated carbocycles. The largest absolute Gasteiger partial charge is 0.391 e. The van der Waals surface area contributed by atoms with E-state index in [0.717, 1.165) is 12.0 Å². The Bertz CT molecular complexity index is 608. The summed E-state index contributed by atoms with van der Waals surface area (Å²) in [5.41, 5.74) is 2.23. The van der Waals surface area contributed by atoms with Crippen molar-refractivity contribution in [3.05, 3.63) is 58.3 Å². The summed E-state index contributed by atoms with van der Waals surface area (Å²) in [7, 11) is 0. The lowest BCUT2D eigenvalue weighted by molar-refractivity contribution is 0.125. The molecular weight excluding hydrogens is 252 g/mol. The van der Waals surface area contributed by atoms with Crippen LogP contribution in [0.1, 0.15) is 37.4 Å². The molecular formula is C16H22N2O2. The minimum Gasteiger partial charge on any atom is -0.391 e. The first-order chi connectivity index (χ1) is 9.52. The van der Waals surface area contributed by atoms with Gasteiger partial charge in [-0.05, 0) is 25.8 Å². The van der Waals surface area contributed by atoms with Crippen LogP contribution in [0.5, 0.6) is 0 Å². The lowest BCUT2D eigenvalue weighted by Gasteiger charge is -2.18. The van der Waals surface area contributed by atoms with Crippen molar-refractivity contribution in [1.29, 1.82) is 0 Å². The molecule has 2 rings (SSSR count). The average Bonchev–Trinajstić information content (AvgIpc) is 2.75. The highest BCUT2D eigenvalue weighted by Crippen LogP contribution is 2.14. The van der Waals surface area contributed by atoms with Crippen molar-refractivity contribution in [2.24, 2.45) is 0 Å². The molecule has 0 unspecified atom stereocenters. The first-order valence-electron chi connectivity index (χ1n) is 7.03. The normalized spacial score (nSPS) is 14.2. The number of imidazole rings is 1. The SMILES string of the molecule is CC[C@@H]([C@@H](C)O)n1ccn(Cc2ccc(C)cc2)c1=O. The predicted molar refractivity (Wildman–Crippen MR) is 80.0 cm³/mol. The molecule has 1 aromatic carbocycles. The first-order valence-corrected chi connectivity index (χ1v) is 7.03. The fraction of sp³-hybridized carbons (Fsp3) is 0.438. The number of hydrogen-bond donors (Lipinski definition) is 1. The fourth-order valence-corrected chi connectivity index (χ4v) is 2.46. The number of aliphatic hydroxyl groups is 1. The third-order valence-corrected chi connectivity index (χ3v) is 3.68.